The molecule has 3 rings (SSSR count). The molecule has 0 aromatic heterocycles. The van der Waals surface area contributed by atoms with E-state index in [9.17, 15) is 14.6 Å². The van der Waals surface area contributed by atoms with Crippen LogP contribution in [0.15, 0.2) is 4.99 Å². The fourth-order valence-electron chi connectivity index (χ4n) is 2.41. The Morgan fingerprint density at radius 1 is 1.44 bits per heavy atom. The number of amidine groups is 1. The lowest BCUT2D eigenvalue weighted by Gasteiger charge is -2.38. The number of alkyl halides is 1. The highest BCUT2D eigenvalue weighted by Gasteiger charge is 2.50. The number of ether oxygens (including phenoxy) is 1. The predicted octanol–water partition coefficient (Wildman–Crippen LogP) is -0.0318. The van der Waals surface area contributed by atoms with Gasteiger partial charge in [-0.2, -0.15) is 0 Å². The van der Waals surface area contributed by atoms with E-state index in [2.05, 4.69) is 9.89 Å². The molecule has 0 spiro atoms. The van der Waals surface area contributed by atoms with E-state index in [0.717, 1.165) is 24.7 Å². The van der Waals surface area contributed by atoms with Gasteiger partial charge in [-0.15, -0.1) is 0 Å². The van der Waals surface area contributed by atoms with E-state index in [-0.39, 0.29) is 5.44 Å². The van der Waals surface area contributed by atoms with E-state index in [1.807, 2.05) is 0 Å². The van der Waals surface area contributed by atoms with Gasteiger partial charge in [0, 0.05) is 13.1 Å². The van der Waals surface area contributed by atoms with Gasteiger partial charge in [-0.1, -0.05) is 11.8 Å². The summed E-state index contributed by atoms with van der Waals surface area (Å²) < 4.78 is 18.9. The van der Waals surface area contributed by atoms with Gasteiger partial charge >= 0.3 is 0 Å². The number of nitrogens with zero attached hydrogens (tertiary/aromatic N) is 2. The predicted molar refractivity (Wildman–Crippen MR) is 66.2 cm³/mol. The van der Waals surface area contributed by atoms with E-state index in [1.54, 1.807) is 0 Å². The number of rotatable bonds is 1. The molecule has 0 radical (unpaired) electrons. The van der Waals surface area contributed by atoms with Gasteiger partial charge in [0.25, 0.3) is 0 Å². The first-order valence-electron chi connectivity index (χ1n) is 6.23. The maximum Gasteiger partial charge on any atom is 0.162 e. The molecular formula is C11H17FN2O3S. The normalized spacial score (nSPS) is 45.2. The molecule has 6 atom stereocenters. The fourth-order valence-corrected chi connectivity index (χ4v) is 3.68. The number of halogens is 1. The van der Waals surface area contributed by atoms with Crippen molar-refractivity contribution < 1.29 is 19.3 Å². The van der Waals surface area contributed by atoms with Crippen LogP contribution in [0, 0.1) is 0 Å². The summed E-state index contributed by atoms with van der Waals surface area (Å²) in [6.45, 7) is 3.26. The summed E-state index contributed by atoms with van der Waals surface area (Å²) in [5.74, 6) is 0. The van der Waals surface area contributed by atoms with Gasteiger partial charge in [0.05, 0.1) is 0 Å². The molecule has 3 heterocycles. The standard InChI is InChI=1S/C11H17FN2O3S/c1-5(12)9-8(16)7(15)6-10(17-9)18-11(13-6)14-3-2-4-14/h5-10,15-16H,2-4H2,1H3/t5-,6+,7+,8-,9+,10+/m0/s1. The Bertz CT molecular complexity index is 364. The summed E-state index contributed by atoms with van der Waals surface area (Å²) in [6, 6.07) is -0.490. The number of likely N-dealkylation sites (tertiary alicyclic amines) is 1. The molecule has 3 aliphatic heterocycles. The molecule has 102 valence electrons. The third-order valence-electron chi connectivity index (χ3n) is 3.67. The zero-order valence-electron chi connectivity index (χ0n) is 10.1. The van der Waals surface area contributed by atoms with Gasteiger partial charge in [0.2, 0.25) is 0 Å². The lowest BCUT2D eigenvalue weighted by atomic mass is 9.96. The van der Waals surface area contributed by atoms with Crippen LogP contribution in [0.2, 0.25) is 0 Å². The van der Waals surface area contributed by atoms with Crippen molar-refractivity contribution in [3.05, 3.63) is 0 Å². The van der Waals surface area contributed by atoms with Crippen LogP contribution in [-0.2, 0) is 4.74 Å². The van der Waals surface area contributed by atoms with Gasteiger partial charge in [-0.25, -0.2) is 4.39 Å². The van der Waals surface area contributed by atoms with E-state index in [1.165, 1.54) is 18.7 Å². The SMILES string of the molecule is C[C@H](F)[C@H]1O[C@@H]2SC(N3CCC3)=N[C@@H]2[C@@H](O)[C@@H]1O. The molecule has 18 heavy (non-hydrogen) atoms. The van der Waals surface area contributed by atoms with E-state index in [0.29, 0.717) is 0 Å². The third kappa shape index (κ3) is 1.93. The van der Waals surface area contributed by atoms with E-state index in [4.69, 9.17) is 4.74 Å². The summed E-state index contributed by atoms with van der Waals surface area (Å²) >= 11 is 1.42. The Kier molecular flexibility index (Phi) is 3.25. The maximum absolute atomic E-state index is 13.3. The molecule has 5 nitrogen and oxygen atoms in total. The van der Waals surface area contributed by atoms with Crippen LogP contribution in [0.25, 0.3) is 0 Å². The average Bonchev–Trinajstić information content (AvgIpc) is 2.64. The zero-order valence-corrected chi connectivity index (χ0v) is 10.9. The highest BCUT2D eigenvalue weighted by molar-refractivity contribution is 8.14. The largest absolute Gasteiger partial charge is 0.388 e. The fraction of sp³-hybridized carbons (Fsp3) is 0.909. The molecule has 2 fully saturated rings. The third-order valence-corrected chi connectivity index (χ3v) is 4.86. The van der Waals surface area contributed by atoms with Crippen LogP contribution in [-0.4, -0.2) is 69.3 Å². The van der Waals surface area contributed by atoms with Gasteiger partial charge in [0.15, 0.2) is 5.17 Å². The van der Waals surface area contributed by atoms with Gasteiger partial charge in [-0.3, -0.25) is 4.99 Å². The number of aliphatic hydroxyl groups excluding tert-OH is 2. The molecule has 2 saturated heterocycles. The lowest BCUT2D eigenvalue weighted by Crippen LogP contribution is -2.57. The lowest BCUT2D eigenvalue weighted by molar-refractivity contribution is -0.170. The van der Waals surface area contributed by atoms with Crippen molar-refractivity contribution in [3.63, 3.8) is 0 Å². The zero-order chi connectivity index (χ0) is 12.9. The summed E-state index contributed by atoms with van der Waals surface area (Å²) in [4.78, 5) is 6.52. The van der Waals surface area contributed by atoms with Crippen LogP contribution in [0.3, 0.4) is 0 Å². The summed E-state index contributed by atoms with van der Waals surface area (Å²) in [6.07, 6.45) is -3.42. The van der Waals surface area contributed by atoms with Crippen molar-refractivity contribution in [1.82, 2.24) is 4.90 Å². The first kappa shape index (κ1) is 12.7. The molecule has 0 aromatic carbocycles. The minimum atomic E-state index is -1.32. The Morgan fingerprint density at radius 3 is 2.72 bits per heavy atom. The average molecular weight is 276 g/mol. The van der Waals surface area contributed by atoms with Crippen LogP contribution in [0.5, 0.6) is 0 Å². The highest BCUT2D eigenvalue weighted by Crippen LogP contribution is 2.39. The second kappa shape index (κ2) is 4.63. The van der Waals surface area contributed by atoms with Crippen molar-refractivity contribution in [3.8, 4) is 0 Å². The molecule has 7 heteroatoms. The second-order valence-corrected chi connectivity index (χ2v) is 6.05. The smallest absolute Gasteiger partial charge is 0.162 e. The monoisotopic (exact) mass is 276 g/mol. The van der Waals surface area contributed by atoms with Crippen LogP contribution in [0.4, 0.5) is 4.39 Å². The first-order valence-corrected chi connectivity index (χ1v) is 7.11. The molecule has 0 amide bonds. The molecular weight excluding hydrogens is 259 g/mol. The first-order chi connectivity index (χ1) is 8.58. The van der Waals surface area contributed by atoms with Crippen molar-refractivity contribution in [2.24, 2.45) is 4.99 Å². The Labute approximate surface area is 109 Å². The summed E-state index contributed by atoms with van der Waals surface area (Å²) in [7, 11) is 0. The minimum absolute atomic E-state index is 0.387. The van der Waals surface area contributed by atoms with Crippen LogP contribution in [0.1, 0.15) is 13.3 Å². The van der Waals surface area contributed by atoms with Crippen molar-refractivity contribution in [1.29, 1.82) is 0 Å². The van der Waals surface area contributed by atoms with Crippen molar-refractivity contribution >= 4 is 16.9 Å². The number of fused-ring (bicyclic) bond motifs is 1. The number of aliphatic hydroxyl groups is 2. The quantitative estimate of drug-likeness (QED) is 0.704. The number of hydrogen-bond acceptors (Lipinski definition) is 6. The summed E-state index contributed by atoms with van der Waals surface area (Å²) in [5, 5.41) is 20.7. The van der Waals surface area contributed by atoms with Gasteiger partial charge in [-0.05, 0) is 13.3 Å². The second-order valence-electron chi connectivity index (χ2n) is 4.99. The van der Waals surface area contributed by atoms with Gasteiger partial charge in [0.1, 0.15) is 36.0 Å². The Balaban J connectivity index is 1.75. The Hall–Kier alpha value is -0.370. The maximum atomic E-state index is 13.3. The van der Waals surface area contributed by atoms with E-state index >= 15 is 0 Å². The molecule has 0 bridgehead atoms. The van der Waals surface area contributed by atoms with Crippen molar-refractivity contribution in [2.75, 3.05) is 13.1 Å². The Morgan fingerprint density at radius 2 is 2.17 bits per heavy atom. The highest BCUT2D eigenvalue weighted by atomic mass is 32.2. The molecule has 0 aliphatic carbocycles. The minimum Gasteiger partial charge on any atom is -0.388 e. The molecule has 0 aromatic rings. The summed E-state index contributed by atoms with van der Waals surface area (Å²) in [5.41, 5.74) is -0.387. The van der Waals surface area contributed by atoms with E-state index < -0.39 is 30.5 Å². The molecule has 2 N–H and O–H groups in total. The van der Waals surface area contributed by atoms with Gasteiger partial charge < -0.3 is 19.8 Å². The van der Waals surface area contributed by atoms with Crippen LogP contribution < -0.4 is 0 Å². The molecule has 3 aliphatic rings. The molecule has 0 unspecified atom stereocenters. The number of thioether (sulfide) groups is 1. The molecule has 0 saturated carbocycles. The number of aliphatic imine (C=N–C) groups is 1. The number of hydrogen-bond donors (Lipinski definition) is 2. The van der Waals surface area contributed by atoms with Crippen LogP contribution >= 0.6 is 11.8 Å². The topological polar surface area (TPSA) is 65.3 Å². The van der Waals surface area contributed by atoms with Crippen molar-refractivity contribution in [2.45, 2.75) is 49.3 Å².